The van der Waals surface area contributed by atoms with Crippen molar-refractivity contribution in [2.75, 3.05) is 24.5 Å². The van der Waals surface area contributed by atoms with Crippen molar-refractivity contribution < 1.29 is 4.79 Å². The Morgan fingerprint density at radius 3 is 2.50 bits per heavy atom. The molecular weight excluding hydrogens is 348 g/mol. The smallest absolute Gasteiger partial charge is 0.251 e. The predicted octanol–water partition coefficient (Wildman–Crippen LogP) is 3.90. The van der Waals surface area contributed by atoms with Crippen LogP contribution in [0.2, 0.25) is 0 Å². The van der Waals surface area contributed by atoms with Gasteiger partial charge in [0.15, 0.2) is 0 Å². The monoisotopic (exact) mass is 376 g/mol. The number of benzene rings is 1. The van der Waals surface area contributed by atoms with Gasteiger partial charge in [0.2, 0.25) is 0 Å². The van der Waals surface area contributed by atoms with Gasteiger partial charge >= 0.3 is 0 Å². The van der Waals surface area contributed by atoms with Crippen molar-refractivity contribution in [2.45, 2.75) is 39.0 Å². The molecule has 0 unspecified atom stereocenters. The van der Waals surface area contributed by atoms with E-state index in [1.54, 1.807) is 18.3 Å². The summed E-state index contributed by atoms with van der Waals surface area (Å²) in [6.07, 6.45) is 3.68. The normalized spacial score (nSPS) is 15.1. The molecule has 1 aliphatic heterocycles. The van der Waals surface area contributed by atoms with Gasteiger partial charge in [0.25, 0.3) is 5.91 Å². The van der Waals surface area contributed by atoms with E-state index in [-0.39, 0.29) is 11.3 Å². The number of aromatic nitrogens is 1. The van der Waals surface area contributed by atoms with E-state index in [4.69, 9.17) is 0 Å². The minimum absolute atomic E-state index is 0.0145. The van der Waals surface area contributed by atoms with Gasteiger partial charge in [0.05, 0.1) is 5.56 Å². The van der Waals surface area contributed by atoms with Gasteiger partial charge in [0, 0.05) is 31.4 Å². The Bertz CT molecular complexity index is 853. The van der Waals surface area contributed by atoms with Crippen LogP contribution in [-0.4, -0.2) is 30.5 Å². The number of nitrogens with one attached hydrogen (secondary N) is 1. The first-order valence-corrected chi connectivity index (χ1v) is 9.87. The Morgan fingerprint density at radius 2 is 1.89 bits per heavy atom. The van der Waals surface area contributed by atoms with Crippen LogP contribution in [0.3, 0.4) is 0 Å². The van der Waals surface area contributed by atoms with Gasteiger partial charge in [-0.1, -0.05) is 32.9 Å². The minimum atomic E-state index is -0.0145. The van der Waals surface area contributed by atoms with Gasteiger partial charge in [-0.2, -0.15) is 5.26 Å². The molecular formula is C23H28N4O. The van der Waals surface area contributed by atoms with Gasteiger partial charge in [-0.15, -0.1) is 0 Å². The summed E-state index contributed by atoms with van der Waals surface area (Å²) in [6, 6.07) is 13.7. The Morgan fingerprint density at radius 1 is 1.21 bits per heavy atom. The molecule has 1 aromatic heterocycles. The van der Waals surface area contributed by atoms with Crippen LogP contribution < -0.4 is 10.2 Å². The fourth-order valence-electron chi connectivity index (χ4n) is 3.55. The maximum absolute atomic E-state index is 12.5. The first kappa shape index (κ1) is 19.9. The Hall–Kier alpha value is -2.87. The number of hydrogen-bond acceptors (Lipinski definition) is 4. The summed E-state index contributed by atoms with van der Waals surface area (Å²) in [5.74, 6) is 1.20. The van der Waals surface area contributed by atoms with Crippen molar-refractivity contribution in [3.05, 3.63) is 59.3 Å². The number of amides is 1. The number of carbonyl (C=O) groups is 1. The number of rotatable bonds is 4. The molecule has 0 radical (unpaired) electrons. The molecule has 28 heavy (non-hydrogen) atoms. The lowest BCUT2D eigenvalue weighted by atomic mass is 9.86. The van der Waals surface area contributed by atoms with Crippen molar-refractivity contribution in [3.63, 3.8) is 0 Å². The second-order valence-electron chi connectivity index (χ2n) is 8.45. The molecule has 1 N–H and O–H groups in total. The molecule has 1 fully saturated rings. The highest BCUT2D eigenvalue weighted by Gasteiger charge is 2.22. The summed E-state index contributed by atoms with van der Waals surface area (Å²) in [5.41, 5.74) is 2.63. The van der Waals surface area contributed by atoms with E-state index in [9.17, 15) is 10.1 Å². The third kappa shape index (κ3) is 4.69. The lowest BCUT2D eigenvalue weighted by Gasteiger charge is -2.33. The first-order valence-electron chi connectivity index (χ1n) is 9.87. The SMILES string of the molecule is CC(C)(C)c1ccc(C(=O)NCC2CCN(c3ncccc3C#N)CC2)cc1. The van der Waals surface area contributed by atoms with Gasteiger partial charge in [-0.25, -0.2) is 4.98 Å². The van der Waals surface area contributed by atoms with Crippen LogP contribution in [0.15, 0.2) is 42.6 Å². The van der Waals surface area contributed by atoms with Gasteiger partial charge in [-0.3, -0.25) is 4.79 Å². The van der Waals surface area contributed by atoms with Gasteiger partial charge < -0.3 is 10.2 Å². The van der Waals surface area contributed by atoms with E-state index in [2.05, 4.69) is 42.0 Å². The van der Waals surface area contributed by atoms with E-state index in [1.807, 2.05) is 24.3 Å². The van der Waals surface area contributed by atoms with E-state index in [0.717, 1.165) is 31.7 Å². The Balaban J connectivity index is 1.50. The van der Waals surface area contributed by atoms with E-state index in [1.165, 1.54) is 5.56 Å². The second kappa shape index (κ2) is 8.43. The molecule has 2 aromatic rings. The molecule has 0 saturated carbocycles. The summed E-state index contributed by atoms with van der Waals surface area (Å²) in [4.78, 5) is 19.0. The largest absolute Gasteiger partial charge is 0.356 e. The number of anilines is 1. The van der Waals surface area contributed by atoms with Crippen molar-refractivity contribution in [2.24, 2.45) is 5.92 Å². The van der Waals surface area contributed by atoms with Gasteiger partial charge in [0.1, 0.15) is 11.9 Å². The zero-order chi connectivity index (χ0) is 20.1. The summed E-state index contributed by atoms with van der Waals surface area (Å²) >= 11 is 0. The molecule has 0 spiro atoms. The molecule has 0 bridgehead atoms. The molecule has 0 atom stereocenters. The van der Waals surface area contributed by atoms with E-state index >= 15 is 0 Å². The number of carbonyl (C=O) groups excluding carboxylic acids is 1. The minimum Gasteiger partial charge on any atom is -0.356 e. The Labute approximate surface area is 167 Å². The van der Waals surface area contributed by atoms with Crippen molar-refractivity contribution in [1.29, 1.82) is 5.26 Å². The average Bonchev–Trinajstić information content (AvgIpc) is 2.72. The standard InChI is InChI=1S/C23H28N4O/c1-23(2,3)20-8-6-18(7-9-20)22(28)26-16-17-10-13-27(14-11-17)21-19(15-24)5-4-12-25-21/h4-9,12,17H,10-11,13-14,16H2,1-3H3,(H,26,28). The van der Waals surface area contributed by atoms with Crippen LogP contribution in [0.25, 0.3) is 0 Å². The highest BCUT2D eigenvalue weighted by molar-refractivity contribution is 5.94. The number of nitriles is 1. The highest BCUT2D eigenvalue weighted by atomic mass is 16.1. The van der Waals surface area contributed by atoms with Crippen LogP contribution in [0.5, 0.6) is 0 Å². The quantitative estimate of drug-likeness (QED) is 0.879. The van der Waals surface area contributed by atoms with Gasteiger partial charge in [-0.05, 0) is 54.0 Å². The topological polar surface area (TPSA) is 69.0 Å². The maximum Gasteiger partial charge on any atom is 0.251 e. The molecule has 5 heteroatoms. The molecule has 5 nitrogen and oxygen atoms in total. The fourth-order valence-corrected chi connectivity index (χ4v) is 3.55. The molecule has 1 amide bonds. The van der Waals surface area contributed by atoms with Crippen LogP contribution >= 0.6 is 0 Å². The molecule has 1 aromatic carbocycles. The van der Waals surface area contributed by atoms with E-state index in [0.29, 0.717) is 23.6 Å². The van der Waals surface area contributed by atoms with E-state index < -0.39 is 0 Å². The van der Waals surface area contributed by atoms with Crippen LogP contribution in [-0.2, 0) is 5.41 Å². The lowest BCUT2D eigenvalue weighted by Crippen LogP contribution is -2.39. The molecule has 3 rings (SSSR count). The van der Waals surface area contributed by atoms with Crippen LogP contribution in [0.4, 0.5) is 5.82 Å². The number of nitrogens with zero attached hydrogens (tertiary/aromatic N) is 3. The summed E-state index contributed by atoms with van der Waals surface area (Å²) in [6.45, 7) is 8.89. The van der Waals surface area contributed by atoms with Crippen molar-refractivity contribution >= 4 is 11.7 Å². The van der Waals surface area contributed by atoms with Crippen molar-refractivity contribution in [3.8, 4) is 6.07 Å². The summed E-state index contributed by atoms with van der Waals surface area (Å²) in [5, 5.41) is 12.3. The lowest BCUT2D eigenvalue weighted by molar-refractivity contribution is 0.0945. The predicted molar refractivity (Wildman–Crippen MR) is 111 cm³/mol. The van der Waals surface area contributed by atoms with Crippen molar-refractivity contribution in [1.82, 2.24) is 10.3 Å². The second-order valence-corrected chi connectivity index (χ2v) is 8.45. The fraction of sp³-hybridized carbons (Fsp3) is 0.435. The zero-order valence-electron chi connectivity index (χ0n) is 16.9. The third-order valence-corrected chi connectivity index (χ3v) is 5.39. The zero-order valence-corrected chi connectivity index (χ0v) is 16.9. The summed E-state index contributed by atoms with van der Waals surface area (Å²) in [7, 11) is 0. The molecule has 2 heterocycles. The maximum atomic E-state index is 12.5. The van der Waals surface area contributed by atoms with Crippen LogP contribution in [0, 0.1) is 17.2 Å². The molecule has 0 aliphatic carbocycles. The third-order valence-electron chi connectivity index (χ3n) is 5.39. The number of hydrogen-bond donors (Lipinski definition) is 1. The Kier molecular flexibility index (Phi) is 5.99. The highest BCUT2D eigenvalue weighted by Crippen LogP contribution is 2.24. The first-order chi connectivity index (χ1) is 13.4. The molecule has 1 aliphatic rings. The average molecular weight is 377 g/mol. The van der Waals surface area contributed by atoms with Crippen LogP contribution in [0.1, 0.15) is 55.1 Å². The number of piperidine rings is 1. The molecule has 1 saturated heterocycles. The number of pyridine rings is 1. The summed E-state index contributed by atoms with van der Waals surface area (Å²) < 4.78 is 0. The molecule has 146 valence electrons.